The van der Waals surface area contributed by atoms with Crippen molar-refractivity contribution >= 4 is 10.8 Å². The summed E-state index contributed by atoms with van der Waals surface area (Å²) in [7, 11) is 0. The number of fused-ring (bicyclic) bond motifs is 1. The second-order valence-corrected chi connectivity index (χ2v) is 7.26. The molecule has 1 heterocycles. The Balaban J connectivity index is 1.61. The van der Waals surface area contributed by atoms with E-state index < -0.39 is 0 Å². The Hall–Kier alpha value is -3.85. The standard InChI is InChI=1S/C27H21N3/c1-2-25-28-26(23-14-8-13-22(17-23)19-9-4-3-5-10-19)30-27(29-25)24-16-15-20-11-6-7-12-21(20)18-24/h3-18H,2H2,1H3. The fourth-order valence-corrected chi connectivity index (χ4v) is 3.63. The van der Waals surface area contributed by atoms with Crippen molar-refractivity contribution in [2.45, 2.75) is 13.3 Å². The van der Waals surface area contributed by atoms with Gasteiger partial charge in [-0.3, -0.25) is 0 Å². The summed E-state index contributed by atoms with van der Waals surface area (Å²) in [5.74, 6) is 2.23. The molecule has 144 valence electrons. The van der Waals surface area contributed by atoms with Crippen LogP contribution >= 0.6 is 0 Å². The third-order valence-corrected chi connectivity index (χ3v) is 5.23. The number of rotatable bonds is 4. The number of benzene rings is 4. The van der Waals surface area contributed by atoms with Crippen LogP contribution in [-0.4, -0.2) is 15.0 Å². The molecule has 5 aromatic rings. The maximum Gasteiger partial charge on any atom is 0.163 e. The summed E-state index contributed by atoms with van der Waals surface area (Å²) in [5.41, 5.74) is 4.33. The maximum absolute atomic E-state index is 4.84. The summed E-state index contributed by atoms with van der Waals surface area (Å²) in [6.45, 7) is 2.07. The van der Waals surface area contributed by atoms with E-state index >= 15 is 0 Å². The fourth-order valence-electron chi connectivity index (χ4n) is 3.63. The summed E-state index contributed by atoms with van der Waals surface area (Å²) in [6, 6.07) is 33.4. The van der Waals surface area contributed by atoms with Crippen molar-refractivity contribution in [2.75, 3.05) is 0 Å². The van der Waals surface area contributed by atoms with E-state index in [1.165, 1.54) is 16.3 Å². The predicted molar refractivity (Wildman–Crippen MR) is 123 cm³/mol. The van der Waals surface area contributed by atoms with Crippen molar-refractivity contribution in [1.29, 1.82) is 0 Å². The van der Waals surface area contributed by atoms with Crippen LogP contribution in [0.5, 0.6) is 0 Å². The van der Waals surface area contributed by atoms with Crippen LogP contribution in [0.25, 0.3) is 44.7 Å². The molecule has 0 saturated heterocycles. The van der Waals surface area contributed by atoms with E-state index in [4.69, 9.17) is 15.0 Å². The van der Waals surface area contributed by atoms with E-state index in [9.17, 15) is 0 Å². The van der Waals surface area contributed by atoms with Crippen LogP contribution in [0.3, 0.4) is 0 Å². The second-order valence-electron chi connectivity index (χ2n) is 7.26. The van der Waals surface area contributed by atoms with Crippen LogP contribution in [0.15, 0.2) is 97.1 Å². The zero-order valence-corrected chi connectivity index (χ0v) is 16.8. The minimum absolute atomic E-state index is 0.711. The molecule has 0 atom stereocenters. The van der Waals surface area contributed by atoms with Gasteiger partial charge in [0.2, 0.25) is 0 Å². The van der Waals surface area contributed by atoms with Crippen LogP contribution in [0, 0.1) is 0 Å². The SMILES string of the molecule is CCc1nc(-c2cccc(-c3ccccc3)c2)nc(-c2ccc3ccccc3c2)n1. The summed E-state index contributed by atoms with van der Waals surface area (Å²) in [4.78, 5) is 14.3. The zero-order valence-electron chi connectivity index (χ0n) is 16.8. The Morgan fingerprint density at radius 3 is 1.90 bits per heavy atom. The highest BCUT2D eigenvalue weighted by molar-refractivity contribution is 5.86. The van der Waals surface area contributed by atoms with E-state index in [1.807, 2.05) is 6.07 Å². The largest absolute Gasteiger partial charge is 0.213 e. The number of nitrogens with zero attached hydrogens (tertiary/aromatic N) is 3. The molecule has 0 aliphatic rings. The van der Waals surface area contributed by atoms with Crippen molar-refractivity contribution in [3.8, 4) is 33.9 Å². The summed E-state index contributed by atoms with van der Waals surface area (Å²) >= 11 is 0. The highest BCUT2D eigenvalue weighted by Gasteiger charge is 2.11. The van der Waals surface area contributed by atoms with Crippen molar-refractivity contribution in [3.05, 3.63) is 103 Å². The number of hydrogen-bond acceptors (Lipinski definition) is 3. The van der Waals surface area contributed by atoms with E-state index in [0.717, 1.165) is 28.9 Å². The molecule has 0 aliphatic carbocycles. The van der Waals surface area contributed by atoms with Crippen molar-refractivity contribution in [1.82, 2.24) is 15.0 Å². The second kappa shape index (κ2) is 7.88. The third kappa shape index (κ3) is 3.58. The summed E-state index contributed by atoms with van der Waals surface area (Å²) < 4.78 is 0. The molecule has 0 amide bonds. The number of aromatic nitrogens is 3. The van der Waals surface area contributed by atoms with Gasteiger partial charge >= 0.3 is 0 Å². The van der Waals surface area contributed by atoms with Crippen molar-refractivity contribution < 1.29 is 0 Å². The van der Waals surface area contributed by atoms with E-state index in [0.29, 0.717) is 11.6 Å². The van der Waals surface area contributed by atoms with Crippen molar-refractivity contribution in [2.24, 2.45) is 0 Å². The van der Waals surface area contributed by atoms with Gasteiger partial charge in [0.15, 0.2) is 11.6 Å². The lowest BCUT2D eigenvalue weighted by atomic mass is 10.0. The average Bonchev–Trinajstić information content (AvgIpc) is 2.84. The molecule has 0 N–H and O–H groups in total. The van der Waals surface area contributed by atoms with Crippen LogP contribution in [0.1, 0.15) is 12.7 Å². The summed E-state index contributed by atoms with van der Waals surface area (Å²) in [6.07, 6.45) is 0.758. The molecule has 0 spiro atoms. The first kappa shape index (κ1) is 18.2. The van der Waals surface area contributed by atoms with E-state index in [1.54, 1.807) is 0 Å². The molecule has 0 radical (unpaired) electrons. The van der Waals surface area contributed by atoms with Gasteiger partial charge in [0.05, 0.1) is 0 Å². The highest BCUT2D eigenvalue weighted by Crippen LogP contribution is 2.27. The third-order valence-electron chi connectivity index (χ3n) is 5.23. The van der Waals surface area contributed by atoms with Gasteiger partial charge in [-0.15, -0.1) is 0 Å². The molecule has 5 rings (SSSR count). The molecule has 1 aromatic heterocycles. The first-order valence-corrected chi connectivity index (χ1v) is 10.2. The van der Waals surface area contributed by atoms with Crippen LogP contribution < -0.4 is 0 Å². The molecule has 4 aromatic carbocycles. The summed E-state index contributed by atoms with van der Waals surface area (Å²) in [5, 5.41) is 2.39. The molecular weight excluding hydrogens is 366 g/mol. The Labute approximate surface area is 176 Å². The highest BCUT2D eigenvalue weighted by atomic mass is 15.0. The van der Waals surface area contributed by atoms with Gasteiger partial charge in [0, 0.05) is 17.5 Å². The Morgan fingerprint density at radius 1 is 0.500 bits per heavy atom. The lowest BCUT2D eigenvalue weighted by molar-refractivity contribution is 0.910. The van der Waals surface area contributed by atoms with Crippen LogP contribution in [0.2, 0.25) is 0 Å². The average molecular weight is 387 g/mol. The molecule has 3 nitrogen and oxygen atoms in total. The monoisotopic (exact) mass is 387 g/mol. The number of aryl methyl sites for hydroxylation is 1. The Morgan fingerprint density at radius 2 is 1.13 bits per heavy atom. The number of hydrogen-bond donors (Lipinski definition) is 0. The lowest BCUT2D eigenvalue weighted by Gasteiger charge is -2.09. The minimum Gasteiger partial charge on any atom is -0.213 e. The van der Waals surface area contributed by atoms with Crippen LogP contribution in [0.4, 0.5) is 0 Å². The van der Waals surface area contributed by atoms with Gasteiger partial charge in [-0.1, -0.05) is 91.9 Å². The normalized spacial score (nSPS) is 11.0. The maximum atomic E-state index is 4.84. The fraction of sp³-hybridized carbons (Fsp3) is 0.0741. The van der Waals surface area contributed by atoms with Gasteiger partial charge in [-0.2, -0.15) is 0 Å². The van der Waals surface area contributed by atoms with E-state index in [2.05, 4.69) is 97.9 Å². The molecule has 0 saturated carbocycles. The Bertz CT molecular complexity index is 1330. The predicted octanol–water partition coefficient (Wildman–Crippen LogP) is 6.59. The van der Waals surface area contributed by atoms with Gasteiger partial charge in [0.1, 0.15) is 5.82 Å². The molecular formula is C27H21N3. The minimum atomic E-state index is 0.711. The van der Waals surface area contributed by atoms with Gasteiger partial charge in [-0.25, -0.2) is 15.0 Å². The van der Waals surface area contributed by atoms with Crippen LogP contribution in [-0.2, 0) is 6.42 Å². The molecule has 0 bridgehead atoms. The molecule has 30 heavy (non-hydrogen) atoms. The first-order valence-electron chi connectivity index (χ1n) is 10.2. The van der Waals surface area contributed by atoms with Gasteiger partial charge < -0.3 is 0 Å². The molecule has 0 unspecified atom stereocenters. The lowest BCUT2D eigenvalue weighted by Crippen LogP contribution is -2.02. The molecule has 0 aliphatic heterocycles. The Kier molecular flexibility index (Phi) is 4.78. The topological polar surface area (TPSA) is 38.7 Å². The molecule has 3 heteroatoms. The first-order chi connectivity index (χ1) is 14.8. The van der Waals surface area contributed by atoms with Gasteiger partial charge in [-0.05, 0) is 34.0 Å². The molecule has 0 fully saturated rings. The zero-order chi connectivity index (χ0) is 20.3. The smallest absolute Gasteiger partial charge is 0.163 e. The van der Waals surface area contributed by atoms with Crippen molar-refractivity contribution in [3.63, 3.8) is 0 Å². The van der Waals surface area contributed by atoms with E-state index in [-0.39, 0.29) is 0 Å². The van der Waals surface area contributed by atoms with Gasteiger partial charge in [0.25, 0.3) is 0 Å². The quantitative estimate of drug-likeness (QED) is 0.349.